The number of nitrogens with one attached hydrogen (secondary N) is 2. The molecule has 0 bridgehead atoms. The molecule has 1 amide bonds. The predicted molar refractivity (Wildman–Crippen MR) is 99.2 cm³/mol. The Morgan fingerprint density at radius 3 is 2.58 bits per heavy atom. The van der Waals surface area contributed by atoms with Gasteiger partial charge in [-0.15, -0.1) is 0 Å². The highest BCUT2D eigenvalue weighted by Gasteiger charge is 2.20. The minimum absolute atomic E-state index is 0.288. The van der Waals surface area contributed by atoms with Crippen LogP contribution in [0, 0.1) is 13.8 Å². The molecule has 0 saturated carbocycles. The standard InChI is InChI=1S/C16H15Br2N5O/c1-9-13(19-16(24)14-12(17)15(18)21-20-14)10(2)23(22-9)8-11-6-4-3-5-7-11/h3-7H,8H2,1-2H3,(H,19,24)(H,20,21). The summed E-state index contributed by atoms with van der Waals surface area (Å²) < 4.78 is 3.10. The van der Waals surface area contributed by atoms with Crippen LogP contribution in [0.4, 0.5) is 5.69 Å². The van der Waals surface area contributed by atoms with E-state index in [4.69, 9.17) is 0 Å². The fourth-order valence-corrected chi connectivity index (χ4v) is 3.05. The molecule has 24 heavy (non-hydrogen) atoms. The molecular weight excluding hydrogens is 438 g/mol. The first-order valence-corrected chi connectivity index (χ1v) is 8.84. The smallest absolute Gasteiger partial charge is 0.277 e. The van der Waals surface area contributed by atoms with E-state index in [9.17, 15) is 4.79 Å². The maximum Gasteiger partial charge on any atom is 0.277 e. The molecular formula is C16H15Br2N5O. The fourth-order valence-electron chi connectivity index (χ4n) is 2.42. The van der Waals surface area contributed by atoms with Crippen LogP contribution in [0.25, 0.3) is 0 Å². The fraction of sp³-hybridized carbons (Fsp3) is 0.188. The van der Waals surface area contributed by atoms with E-state index in [0.717, 1.165) is 17.0 Å². The summed E-state index contributed by atoms with van der Waals surface area (Å²) in [4.78, 5) is 12.4. The first-order chi connectivity index (χ1) is 11.5. The van der Waals surface area contributed by atoms with Gasteiger partial charge in [-0.25, -0.2) is 0 Å². The summed E-state index contributed by atoms with van der Waals surface area (Å²) in [6.07, 6.45) is 0. The van der Waals surface area contributed by atoms with E-state index in [2.05, 4.69) is 52.5 Å². The molecule has 8 heteroatoms. The highest BCUT2D eigenvalue weighted by molar-refractivity contribution is 9.13. The molecule has 0 radical (unpaired) electrons. The molecule has 0 spiro atoms. The van der Waals surface area contributed by atoms with Crippen LogP contribution in [0.2, 0.25) is 0 Å². The number of nitrogens with zero attached hydrogens (tertiary/aromatic N) is 3. The van der Waals surface area contributed by atoms with E-state index in [1.807, 2.05) is 48.9 Å². The lowest BCUT2D eigenvalue weighted by Crippen LogP contribution is -2.14. The van der Waals surface area contributed by atoms with Gasteiger partial charge in [-0.2, -0.15) is 10.2 Å². The van der Waals surface area contributed by atoms with E-state index in [1.54, 1.807) is 0 Å². The second-order valence-corrected chi connectivity index (χ2v) is 6.93. The molecule has 0 fully saturated rings. The average molecular weight is 453 g/mol. The van der Waals surface area contributed by atoms with E-state index in [0.29, 0.717) is 21.3 Å². The molecule has 0 saturated heterocycles. The number of hydrogen-bond donors (Lipinski definition) is 2. The number of anilines is 1. The molecule has 0 aliphatic rings. The molecule has 3 rings (SSSR count). The number of benzene rings is 1. The number of hydrogen-bond acceptors (Lipinski definition) is 3. The second kappa shape index (κ2) is 6.90. The van der Waals surface area contributed by atoms with Gasteiger partial charge in [0.1, 0.15) is 4.60 Å². The van der Waals surface area contributed by atoms with E-state index < -0.39 is 0 Å². The Kier molecular flexibility index (Phi) is 4.86. The van der Waals surface area contributed by atoms with E-state index in [1.165, 1.54) is 0 Å². The summed E-state index contributed by atoms with van der Waals surface area (Å²) in [5.74, 6) is -0.297. The first kappa shape index (κ1) is 16.9. The zero-order chi connectivity index (χ0) is 17.3. The van der Waals surface area contributed by atoms with Crippen molar-refractivity contribution in [3.05, 3.63) is 62.1 Å². The second-order valence-electron chi connectivity index (χ2n) is 5.34. The van der Waals surface area contributed by atoms with E-state index >= 15 is 0 Å². The molecule has 0 unspecified atom stereocenters. The number of halogens is 2. The van der Waals surface area contributed by atoms with Gasteiger partial charge in [0.2, 0.25) is 0 Å². The molecule has 124 valence electrons. The summed E-state index contributed by atoms with van der Waals surface area (Å²) in [7, 11) is 0. The predicted octanol–water partition coefficient (Wildman–Crippen LogP) is 4.05. The van der Waals surface area contributed by atoms with Crippen LogP contribution in [0.1, 0.15) is 27.4 Å². The Balaban J connectivity index is 1.84. The van der Waals surface area contributed by atoms with Gasteiger partial charge in [0.05, 0.1) is 28.1 Å². The van der Waals surface area contributed by atoms with Gasteiger partial charge in [0, 0.05) is 0 Å². The summed E-state index contributed by atoms with van der Waals surface area (Å²) in [6.45, 7) is 4.47. The van der Waals surface area contributed by atoms with Gasteiger partial charge in [-0.3, -0.25) is 14.6 Å². The third-order valence-electron chi connectivity index (χ3n) is 3.68. The van der Waals surface area contributed by atoms with Gasteiger partial charge >= 0.3 is 0 Å². The van der Waals surface area contributed by atoms with Crippen molar-refractivity contribution in [1.82, 2.24) is 20.0 Å². The van der Waals surface area contributed by atoms with Gasteiger partial charge in [-0.1, -0.05) is 30.3 Å². The number of rotatable bonds is 4. The quantitative estimate of drug-likeness (QED) is 0.626. The molecule has 2 aromatic heterocycles. The van der Waals surface area contributed by atoms with Crippen molar-refractivity contribution < 1.29 is 4.79 Å². The number of amides is 1. The molecule has 2 N–H and O–H groups in total. The number of carbonyl (C=O) groups excluding carboxylic acids is 1. The minimum Gasteiger partial charge on any atom is -0.317 e. The topological polar surface area (TPSA) is 75.6 Å². The number of carbonyl (C=O) groups is 1. The van der Waals surface area contributed by atoms with Crippen LogP contribution in [-0.2, 0) is 6.54 Å². The monoisotopic (exact) mass is 451 g/mol. The summed E-state index contributed by atoms with van der Waals surface area (Å²) in [6, 6.07) is 10.1. The third-order valence-corrected chi connectivity index (χ3v) is 5.55. The van der Waals surface area contributed by atoms with Crippen LogP contribution in [0.3, 0.4) is 0 Å². The number of aromatic nitrogens is 4. The highest BCUT2D eigenvalue weighted by atomic mass is 79.9. The van der Waals surface area contributed by atoms with Crippen molar-refractivity contribution in [3.63, 3.8) is 0 Å². The molecule has 2 heterocycles. The summed E-state index contributed by atoms with van der Waals surface area (Å²) in [5.41, 5.74) is 3.82. The molecule has 0 aliphatic carbocycles. The van der Waals surface area contributed by atoms with Crippen LogP contribution >= 0.6 is 31.9 Å². The molecule has 1 aromatic carbocycles. The summed E-state index contributed by atoms with van der Waals surface area (Å²) in [5, 5.41) is 14.1. The zero-order valence-corrected chi connectivity index (χ0v) is 16.3. The van der Waals surface area contributed by atoms with Gasteiger partial charge in [-0.05, 0) is 51.3 Å². The molecule has 6 nitrogen and oxygen atoms in total. The Morgan fingerprint density at radius 1 is 1.25 bits per heavy atom. The lowest BCUT2D eigenvalue weighted by molar-refractivity contribution is 0.102. The maximum absolute atomic E-state index is 12.4. The Bertz CT molecular complexity index is 886. The Morgan fingerprint density at radius 2 is 1.96 bits per heavy atom. The number of aryl methyl sites for hydroxylation is 1. The molecule has 3 aromatic rings. The van der Waals surface area contributed by atoms with Crippen molar-refractivity contribution in [2.45, 2.75) is 20.4 Å². The van der Waals surface area contributed by atoms with Crippen LogP contribution < -0.4 is 5.32 Å². The SMILES string of the molecule is Cc1nn(Cc2ccccc2)c(C)c1NC(=O)c1n[nH]c(Br)c1Br. The zero-order valence-electron chi connectivity index (χ0n) is 13.1. The lowest BCUT2D eigenvalue weighted by atomic mass is 10.2. The maximum atomic E-state index is 12.4. The lowest BCUT2D eigenvalue weighted by Gasteiger charge is -2.06. The Hall–Kier alpha value is -1.93. The van der Waals surface area contributed by atoms with Crippen molar-refractivity contribution in [3.8, 4) is 0 Å². The van der Waals surface area contributed by atoms with Gasteiger partial charge in [0.15, 0.2) is 5.69 Å². The van der Waals surface area contributed by atoms with E-state index in [-0.39, 0.29) is 11.6 Å². The number of H-pyrrole nitrogens is 1. The van der Waals surface area contributed by atoms with Crippen molar-refractivity contribution in [2.75, 3.05) is 5.32 Å². The van der Waals surface area contributed by atoms with Gasteiger partial charge in [0.25, 0.3) is 5.91 Å². The number of aromatic amines is 1. The Labute approximate surface area is 155 Å². The van der Waals surface area contributed by atoms with Crippen molar-refractivity contribution in [2.24, 2.45) is 0 Å². The van der Waals surface area contributed by atoms with Crippen LogP contribution in [0.5, 0.6) is 0 Å². The van der Waals surface area contributed by atoms with Crippen LogP contribution in [0.15, 0.2) is 39.4 Å². The third kappa shape index (κ3) is 3.29. The van der Waals surface area contributed by atoms with Crippen molar-refractivity contribution in [1.29, 1.82) is 0 Å². The highest BCUT2D eigenvalue weighted by Crippen LogP contribution is 2.26. The first-order valence-electron chi connectivity index (χ1n) is 7.26. The summed E-state index contributed by atoms with van der Waals surface area (Å²) >= 11 is 6.61. The van der Waals surface area contributed by atoms with Crippen molar-refractivity contribution >= 4 is 43.5 Å². The normalized spacial score (nSPS) is 10.8. The largest absolute Gasteiger partial charge is 0.317 e. The molecule has 0 aliphatic heterocycles. The van der Waals surface area contributed by atoms with Crippen LogP contribution in [-0.4, -0.2) is 25.9 Å². The minimum atomic E-state index is -0.297. The molecule has 0 atom stereocenters. The van der Waals surface area contributed by atoms with Gasteiger partial charge < -0.3 is 5.32 Å². The average Bonchev–Trinajstić information content (AvgIpc) is 3.03.